The fourth-order valence-corrected chi connectivity index (χ4v) is 3.73. The maximum absolute atomic E-state index is 5.65. The third-order valence-corrected chi connectivity index (χ3v) is 5.47. The molecule has 3 fully saturated rings. The van der Waals surface area contributed by atoms with Crippen molar-refractivity contribution < 1.29 is 4.74 Å². The van der Waals surface area contributed by atoms with Crippen LogP contribution in [0.2, 0.25) is 0 Å². The van der Waals surface area contributed by atoms with E-state index in [1.54, 1.807) is 0 Å². The molecule has 0 aromatic rings. The summed E-state index contributed by atoms with van der Waals surface area (Å²) in [7, 11) is 0. The first kappa shape index (κ1) is 15.8. The summed E-state index contributed by atoms with van der Waals surface area (Å²) in [6, 6.07) is 0. The monoisotopic (exact) mass is 294 g/mol. The van der Waals surface area contributed by atoms with E-state index >= 15 is 0 Å². The van der Waals surface area contributed by atoms with Crippen LogP contribution >= 0.6 is 0 Å². The third-order valence-electron chi connectivity index (χ3n) is 5.47. The van der Waals surface area contributed by atoms with Gasteiger partial charge in [0.15, 0.2) is 0 Å². The van der Waals surface area contributed by atoms with Gasteiger partial charge in [0.25, 0.3) is 0 Å². The second kappa shape index (κ2) is 7.43. The molecule has 0 spiro atoms. The molecular weight excluding hydrogens is 260 g/mol. The van der Waals surface area contributed by atoms with Gasteiger partial charge in [0, 0.05) is 39.4 Å². The summed E-state index contributed by atoms with van der Waals surface area (Å²) < 4.78 is 5.65. The lowest BCUT2D eigenvalue weighted by Gasteiger charge is -2.41. The van der Waals surface area contributed by atoms with Crippen molar-refractivity contribution in [1.29, 1.82) is 0 Å². The highest BCUT2D eigenvalue weighted by atomic mass is 16.5. The van der Waals surface area contributed by atoms with Crippen molar-refractivity contribution in [3.05, 3.63) is 0 Å². The molecule has 1 N–H and O–H groups in total. The van der Waals surface area contributed by atoms with Crippen LogP contribution in [0.4, 0.5) is 0 Å². The lowest BCUT2D eigenvalue weighted by Crippen LogP contribution is -2.48. The van der Waals surface area contributed by atoms with Crippen LogP contribution in [0.5, 0.6) is 0 Å². The van der Waals surface area contributed by atoms with Crippen LogP contribution in [-0.4, -0.2) is 50.8 Å². The summed E-state index contributed by atoms with van der Waals surface area (Å²) in [5.74, 6) is 2.04. The number of nitrogens with zero attached hydrogens (tertiary/aromatic N) is 1. The van der Waals surface area contributed by atoms with E-state index in [4.69, 9.17) is 4.74 Å². The Morgan fingerprint density at radius 2 is 1.67 bits per heavy atom. The van der Waals surface area contributed by atoms with Gasteiger partial charge in [0.2, 0.25) is 0 Å². The van der Waals surface area contributed by atoms with Gasteiger partial charge in [0.05, 0.1) is 0 Å². The maximum Gasteiger partial charge on any atom is 0.0472 e. The third kappa shape index (κ3) is 5.22. The van der Waals surface area contributed by atoms with E-state index in [-0.39, 0.29) is 0 Å². The largest absolute Gasteiger partial charge is 0.381 e. The standard InChI is InChI=1S/C18H34N2O/c1-2-9-19-14-18(7-10-21-11-8-18)15-20(12-16-3-4-16)13-17-5-6-17/h16-17,19H,2-15H2,1H3. The van der Waals surface area contributed by atoms with Gasteiger partial charge in [0.1, 0.15) is 0 Å². The van der Waals surface area contributed by atoms with Crippen LogP contribution < -0.4 is 5.32 Å². The Morgan fingerprint density at radius 1 is 1.05 bits per heavy atom. The molecule has 0 unspecified atom stereocenters. The summed E-state index contributed by atoms with van der Waals surface area (Å²) in [5.41, 5.74) is 0.469. The van der Waals surface area contributed by atoms with Crippen LogP contribution in [0.1, 0.15) is 51.9 Å². The van der Waals surface area contributed by atoms with Crippen molar-refractivity contribution >= 4 is 0 Å². The average Bonchev–Trinajstić information content (AvgIpc) is 3.37. The second-order valence-electron chi connectivity index (χ2n) is 7.87. The minimum Gasteiger partial charge on any atom is -0.381 e. The van der Waals surface area contributed by atoms with E-state index < -0.39 is 0 Å². The lowest BCUT2D eigenvalue weighted by atomic mass is 9.79. The van der Waals surface area contributed by atoms with E-state index in [0.29, 0.717) is 5.41 Å². The van der Waals surface area contributed by atoms with Gasteiger partial charge in [-0.1, -0.05) is 6.92 Å². The molecule has 21 heavy (non-hydrogen) atoms. The molecule has 1 saturated heterocycles. The smallest absolute Gasteiger partial charge is 0.0472 e. The van der Waals surface area contributed by atoms with Crippen LogP contribution in [0.25, 0.3) is 0 Å². The topological polar surface area (TPSA) is 24.5 Å². The molecule has 3 nitrogen and oxygen atoms in total. The zero-order valence-electron chi connectivity index (χ0n) is 13.9. The van der Waals surface area contributed by atoms with E-state index in [9.17, 15) is 0 Å². The summed E-state index contributed by atoms with van der Waals surface area (Å²) in [4.78, 5) is 2.83. The molecule has 1 heterocycles. The molecule has 0 aromatic carbocycles. The first-order chi connectivity index (χ1) is 10.3. The Kier molecular flexibility index (Phi) is 5.58. The molecule has 1 aliphatic heterocycles. The zero-order valence-corrected chi connectivity index (χ0v) is 13.9. The van der Waals surface area contributed by atoms with Crippen LogP contribution in [0.15, 0.2) is 0 Å². The summed E-state index contributed by atoms with van der Waals surface area (Å²) in [6.07, 6.45) is 9.64. The number of nitrogens with one attached hydrogen (secondary N) is 1. The molecule has 0 aromatic heterocycles. The van der Waals surface area contributed by atoms with Crippen molar-refractivity contribution in [3.8, 4) is 0 Å². The highest BCUT2D eigenvalue weighted by Gasteiger charge is 2.37. The number of hydrogen-bond donors (Lipinski definition) is 1. The molecule has 3 heteroatoms. The molecule has 3 aliphatic rings. The normalized spacial score (nSPS) is 25.4. The van der Waals surface area contributed by atoms with Crippen LogP contribution in [0.3, 0.4) is 0 Å². The second-order valence-corrected chi connectivity index (χ2v) is 7.87. The Hall–Kier alpha value is -0.120. The van der Waals surface area contributed by atoms with Gasteiger partial charge < -0.3 is 15.0 Å². The van der Waals surface area contributed by atoms with Gasteiger partial charge >= 0.3 is 0 Å². The molecule has 0 amide bonds. The quantitative estimate of drug-likeness (QED) is 0.627. The highest BCUT2D eigenvalue weighted by Crippen LogP contribution is 2.37. The van der Waals surface area contributed by atoms with Gasteiger partial charge in [-0.2, -0.15) is 0 Å². The van der Waals surface area contributed by atoms with Gasteiger partial charge in [-0.3, -0.25) is 0 Å². The van der Waals surface area contributed by atoms with Gasteiger partial charge in [-0.05, 0) is 68.7 Å². The van der Waals surface area contributed by atoms with Crippen molar-refractivity contribution in [2.24, 2.45) is 17.3 Å². The Morgan fingerprint density at radius 3 is 2.19 bits per heavy atom. The summed E-state index contributed by atoms with van der Waals surface area (Å²) in [5, 5.41) is 3.71. The molecule has 2 saturated carbocycles. The van der Waals surface area contributed by atoms with E-state index in [0.717, 1.165) is 31.6 Å². The van der Waals surface area contributed by atoms with Crippen molar-refractivity contribution in [2.45, 2.75) is 51.9 Å². The molecular formula is C18H34N2O. The van der Waals surface area contributed by atoms with Crippen molar-refractivity contribution in [1.82, 2.24) is 10.2 Å². The molecule has 0 atom stereocenters. The van der Waals surface area contributed by atoms with Crippen molar-refractivity contribution in [2.75, 3.05) is 45.9 Å². The summed E-state index contributed by atoms with van der Waals surface area (Å²) in [6.45, 7) is 10.6. The Bertz CT molecular complexity index is 292. The zero-order chi connectivity index (χ0) is 14.5. The first-order valence-corrected chi connectivity index (χ1v) is 9.30. The minimum absolute atomic E-state index is 0.469. The van der Waals surface area contributed by atoms with Crippen LogP contribution in [-0.2, 0) is 4.74 Å². The number of rotatable bonds is 10. The fraction of sp³-hybridized carbons (Fsp3) is 1.00. The molecule has 0 bridgehead atoms. The molecule has 2 aliphatic carbocycles. The predicted molar refractivity (Wildman–Crippen MR) is 87.5 cm³/mol. The Balaban J connectivity index is 1.56. The maximum atomic E-state index is 5.65. The molecule has 122 valence electrons. The van der Waals surface area contributed by atoms with E-state index in [1.807, 2.05) is 0 Å². The predicted octanol–water partition coefficient (Wildman–Crippen LogP) is 2.90. The van der Waals surface area contributed by atoms with Crippen molar-refractivity contribution in [3.63, 3.8) is 0 Å². The summed E-state index contributed by atoms with van der Waals surface area (Å²) >= 11 is 0. The number of hydrogen-bond acceptors (Lipinski definition) is 3. The first-order valence-electron chi connectivity index (χ1n) is 9.30. The molecule has 3 rings (SSSR count). The minimum atomic E-state index is 0.469. The Labute approximate surface area is 130 Å². The molecule has 0 radical (unpaired) electrons. The fourth-order valence-electron chi connectivity index (χ4n) is 3.73. The van der Waals surface area contributed by atoms with E-state index in [2.05, 4.69) is 17.1 Å². The lowest BCUT2D eigenvalue weighted by molar-refractivity contribution is -0.00574. The average molecular weight is 294 g/mol. The number of ether oxygens (including phenoxy) is 1. The SMILES string of the molecule is CCCNCC1(CN(CC2CC2)CC2CC2)CCOCC1. The van der Waals surface area contributed by atoms with E-state index in [1.165, 1.54) is 71.1 Å². The van der Waals surface area contributed by atoms with Gasteiger partial charge in [-0.25, -0.2) is 0 Å². The highest BCUT2D eigenvalue weighted by molar-refractivity contribution is 4.90. The van der Waals surface area contributed by atoms with Crippen LogP contribution in [0, 0.1) is 17.3 Å². The van der Waals surface area contributed by atoms with Gasteiger partial charge in [-0.15, -0.1) is 0 Å².